The van der Waals surface area contributed by atoms with E-state index in [0.717, 1.165) is 20.9 Å². The second kappa shape index (κ2) is 7.98. The van der Waals surface area contributed by atoms with Crippen LogP contribution in [0.5, 0.6) is 0 Å². The normalized spacial score (nSPS) is 18.8. The number of pyridine rings is 1. The first-order chi connectivity index (χ1) is 13.5. The van der Waals surface area contributed by atoms with Crippen LogP contribution in [0.2, 0.25) is 0 Å². The first-order valence-corrected chi connectivity index (χ1v) is 10.7. The molecule has 0 bridgehead atoms. The predicted octanol–water partition coefficient (Wildman–Crippen LogP) is 5.04. The van der Waals surface area contributed by atoms with Gasteiger partial charge in [0.05, 0.1) is 21.6 Å². The molecule has 0 unspecified atom stereocenters. The minimum Gasteiger partial charge on any atom is -0.351 e. The van der Waals surface area contributed by atoms with Crippen LogP contribution in [0.3, 0.4) is 0 Å². The van der Waals surface area contributed by atoms with Gasteiger partial charge in [-0.3, -0.25) is 9.78 Å². The summed E-state index contributed by atoms with van der Waals surface area (Å²) < 4.78 is 1.07. The fraction of sp³-hybridized carbons (Fsp3) is 0.150. The van der Waals surface area contributed by atoms with Crippen LogP contribution in [0.25, 0.3) is 0 Å². The third-order valence-corrected chi connectivity index (χ3v) is 6.46. The van der Waals surface area contributed by atoms with E-state index in [1.165, 1.54) is 11.8 Å². The van der Waals surface area contributed by atoms with Gasteiger partial charge in [0.2, 0.25) is 5.91 Å². The van der Waals surface area contributed by atoms with E-state index in [1.54, 1.807) is 17.5 Å². The molecule has 1 saturated heterocycles. The second-order valence-corrected chi connectivity index (χ2v) is 9.25. The number of carbonyl (C=O) groups is 1. The number of nitrogens with one attached hydrogen (secondary N) is 2. The molecule has 0 saturated carbocycles. The number of anilines is 2. The second-order valence-electron chi connectivity index (χ2n) is 6.37. The van der Waals surface area contributed by atoms with Crippen LogP contribution in [0.4, 0.5) is 11.4 Å². The van der Waals surface area contributed by atoms with E-state index in [0.29, 0.717) is 5.11 Å². The highest BCUT2D eigenvalue weighted by Gasteiger charge is 2.41. The monoisotopic (exact) mass is 472 g/mol. The number of amides is 1. The average molecular weight is 473 g/mol. The van der Waals surface area contributed by atoms with Gasteiger partial charge in [-0.05, 0) is 76.7 Å². The molecular formula is C20H17BrN4OS2. The van der Waals surface area contributed by atoms with Gasteiger partial charge >= 0.3 is 0 Å². The fourth-order valence-electron chi connectivity index (χ4n) is 3.32. The summed E-state index contributed by atoms with van der Waals surface area (Å²) in [6, 6.07) is 17.7. The van der Waals surface area contributed by atoms with E-state index in [-0.39, 0.29) is 18.0 Å². The van der Waals surface area contributed by atoms with Crippen LogP contribution in [-0.2, 0) is 4.79 Å². The zero-order valence-corrected chi connectivity index (χ0v) is 18.1. The average Bonchev–Trinajstić information content (AvgIpc) is 3.26. The van der Waals surface area contributed by atoms with Crippen molar-refractivity contribution in [2.75, 3.05) is 10.2 Å². The van der Waals surface area contributed by atoms with Gasteiger partial charge in [0.25, 0.3) is 0 Å². The summed E-state index contributed by atoms with van der Waals surface area (Å²) in [5.74, 6) is -0.0948. The standard InChI is InChI=1S/C20H17BrN4OS2/c1-12(26)23-13-5-7-14(8-6-13)25-19(16-9-10-17(21)28-16)18(24-20(25)27)15-4-2-3-11-22-15/h2-11,18-19H,1H3,(H,23,26)(H,24,27)/t18-,19+/m0/s1. The molecule has 1 aromatic carbocycles. The Morgan fingerprint density at radius 3 is 2.61 bits per heavy atom. The number of aromatic nitrogens is 1. The molecule has 28 heavy (non-hydrogen) atoms. The van der Waals surface area contributed by atoms with Crippen molar-refractivity contribution < 1.29 is 4.79 Å². The SMILES string of the molecule is CC(=O)Nc1ccc(N2C(=S)N[C@@H](c3ccccn3)[C@H]2c2ccc(Br)s2)cc1. The predicted molar refractivity (Wildman–Crippen MR) is 121 cm³/mol. The van der Waals surface area contributed by atoms with Crippen molar-refractivity contribution in [2.45, 2.75) is 19.0 Å². The summed E-state index contributed by atoms with van der Waals surface area (Å²) in [6.07, 6.45) is 1.80. The van der Waals surface area contributed by atoms with Gasteiger partial charge in [0, 0.05) is 29.4 Å². The molecule has 0 spiro atoms. The summed E-state index contributed by atoms with van der Waals surface area (Å²) in [4.78, 5) is 19.1. The molecule has 3 heterocycles. The van der Waals surface area contributed by atoms with Crippen LogP contribution in [-0.4, -0.2) is 16.0 Å². The largest absolute Gasteiger partial charge is 0.351 e. The Morgan fingerprint density at radius 2 is 2.00 bits per heavy atom. The Bertz CT molecular complexity index is 1010. The molecule has 0 aliphatic carbocycles. The van der Waals surface area contributed by atoms with Crippen molar-refractivity contribution in [3.05, 3.63) is 75.2 Å². The lowest BCUT2D eigenvalue weighted by molar-refractivity contribution is -0.114. The summed E-state index contributed by atoms with van der Waals surface area (Å²) in [5, 5.41) is 6.88. The molecule has 1 fully saturated rings. The van der Waals surface area contributed by atoms with Crippen molar-refractivity contribution in [3.63, 3.8) is 0 Å². The van der Waals surface area contributed by atoms with E-state index >= 15 is 0 Å². The minimum atomic E-state index is -0.0948. The van der Waals surface area contributed by atoms with Crippen molar-refractivity contribution in [1.29, 1.82) is 0 Å². The van der Waals surface area contributed by atoms with E-state index in [2.05, 4.69) is 48.6 Å². The Hall–Kier alpha value is -2.29. The number of hydrogen-bond donors (Lipinski definition) is 2. The number of rotatable bonds is 4. The van der Waals surface area contributed by atoms with E-state index in [9.17, 15) is 4.79 Å². The Morgan fingerprint density at radius 1 is 1.21 bits per heavy atom. The molecule has 4 rings (SSSR count). The first-order valence-electron chi connectivity index (χ1n) is 8.66. The smallest absolute Gasteiger partial charge is 0.221 e. The summed E-state index contributed by atoms with van der Waals surface area (Å²) in [7, 11) is 0. The zero-order valence-electron chi connectivity index (χ0n) is 14.9. The molecular weight excluding hydrogens is 456 g/mol. The summed E-state index contributed by atoms with van der Waals surface area (Å²) in [6.45, 7) is 1.50. The molecule has 142 valence electrons. The summed E-state index contributed by atoms with van der Waals surface area (Å²) >= 11 is 11.0. The van der Waals surface area contributed by atoms with Crippen LogP contribution in [0.1, 0.15) is 29.6 Å². The number of hydrogen-bond acceptors (Lipinski definition) is 4. The molecule has 2 aromatic heterocycles. The molecule has 5 nitrogen and oxygen atoms in total. The quantitative estimate of drug-likeness (QED) is 0.520. The zero-order chi connectivity index (χ0) is 19.7. The van der Waals surface area contributed by atoms with Crippen molar-refractivity contribution in [1.82, 2.24) is 10.3 Å². The van der Waals surface area contributed by atoms with Gasteiger partial charge in [0.15, 0.2) is 5.11 Å². The molecule has 0 radical (unpaired) electrons. The third-order valence-electron chi connectivity index (χ3n) is 4.45. The Labute approximate surface area is 180 Å². The maximum Gasteiger partial charge on any atom is 0.221 e. The highest BCUT2D eigenvalue weighted by atomic mass is 79.9. The minimum absolute atomic E-state index is 0.0229. The van der Waals surface area contributed by atoms with E-state index < -0.39 is 0 Å². The highest BCUT2D eigenvalue weighted by molar-refractivity contribution is 9.11. The molecule has 3 aromatic rings. The molecule has 2 N–H and O–H groups in total. The van der Waals surface area contributed by atoms with Gasteiger partial charge in [-0.25, -0.2) is 0 Å². The van der Waals surface area contributed by atoms with Crippen LogP contribution in [0.15, 0.2) is 64.6 Å². The molecule has 2 atom stereocenters. The lowest BCUT2D eigenvalue weighted by Gasteiger charge is -2.27. The van der Waals surface area contributed by atoms with E-state index in [4.69, 9.17) is 12.2 Å². The number of benzene rings is 1. The number of carbonyl (C=O) groups excluding carboxylic acids is 1. The molecule has 8 heteroatoms. The van der Waals surface area contributed by atoms with Gasteiger partial charge in [-0.15, -0.1) is 11.3 Å². The van der Waals surface area contributed by atoms with Gasteiger partial charge in [-0.2, -0.15) is 0 Å². The third kappa shape index (κ3) is 3.80. The Balaban J connectivity index is 1.74. The van der Waals surface area contributed by atoms with Crippen molar-refractivity contribution in [2.24, 2.45) is 0 Å². The fourth-order valence-corrected chi connectivity index (χ4v) is 5.22. The van der Waals surface area contributed by atoms with Crippen LogP contribution >= 0.6 is 39.5 Å². The van der Waals surface area contributed by atoms with Crippen molar-refractivity contribution in [3.8, 4) is 0 Å². The highest BCUT2D eigenvalue weighted by Crippen LogP contribution is 2.44. The number of halogens is 1. The molecule has 1 amide bonds. The van der Waals surface area contributed by atoms with Crippen LogP contribution in [0, 0.1) is 0 Å². The maximum absolute atomic E-state index is 11.3. The molecule has 1 aliphatic heterocycles. The Kier molecular flexibility index (Phi) is 5.43. The van der Waals surface area contributed by atoms with Crippen LogP contribution < -0.4 is 15.5 Å². The number of thiophene rings is 1. The van der Waals surface area contributed by atoms with E-state index in [1.807, 2.05) is 42.5 Å². The topological polar surface area (TPSA) is 57.3 Å². The lowest BCUT2D eigenvalue weighted by Crippen LogP contribution is -2.29. The van der Waals surface area contributed by atoms with Gasteiger partial charge < -0.3 is 15.5 Å². The van der Waals surface area contributed by atoms with Crippen molar-refractivity contribution >= 4 is 61.9 Å². The number of nitrogens with zero attached hydrogens (tertiary/aromatic N) is 2. The molecule has 1 aliphatic rings. The number of thiocarbonyl (C=S) groups is 1. The lowest BCUT2D eigenvalue weighted by atomic mass is 10.0. The summed E-state index contributed by atoms with van der Waals surface area (Å²) in [5.41, 5.74) is 2.65. The maximum atomic E-state index is 11.3. The first kappa shape index (κ1) is 19.0. The van der Waals surface area contributed by atoms with Gasteiger partial charge in [0.1, 0.15) is 0 Å². The van der Waals surface area contributed by atoms with Gasteiger partial charge in [-0.1, -0.05) is 6.07 Å².